The Bertz CT molecular complexity index is 1080. The molecule has 0 aliphatic carbocycles. The lowest BCUT2D eigenvalue weighted by Gasteiger charge is -2.23. The Kier molecular flexibility index (Phi) is 5.18. The Morgan fingerprint density at radius 3 is 2.76 bits per heavy atom. The highest BCUT2D eigenvalue weighted by Crippen LogP contribution is 2.34. The fourth-order valence-electron chi connectivity index (χ4n) is 3.95. The summed E-state index contributed by atoms with van der Waals surface area (Å²) < 4.78 is 6.82. The molecule has 4 aromatic rings. The van der Waals surface area contributed by atoms with Crippen LogP contribution in [0.5, 0.6) is 0 Å². The highest BCUT2D eigenvalue weighted by atomic mass is 32.1. The van der Waals surface area contributed by atoms with Gasteiger partial charge in [-0.15, -0.1) is 22.7 Å². The number of fused-ring (bicyclic) bond motifs is 1. The van der Waals surface area contributed by atoms with Gasteiger partial charge in [0.2, 0.25) is 0 Å². The van der Waals surface area contributed by atoms with E-state index < -0.39 is 0 Å². The Labute approximate surface area is 177 Å². The van der Waals surface area contributed by atoms with E-state index in [1.807, 2.05) is 42.5 Å². The normalized spacial score (nSPS) is 15.7. The van der Waals surface area contributed by atoms with Gasteiger partial charge in [-0.05, 0) is 36.4 Å². The number of rotatable bonds is 6. The molecule has 0 bridgehead atoms. The van der Waals surface area contributed by atoms with Gasteiger partial charge in [0, 0.05) is 12.8 Å². The number of benzene rings is 1. The van der Waals surface area contributed by atoms with E-state index in [1.165, 1.54) is 29.1 Å². The number of hydrogen-bond donors (Lipinski definition) is 2. The minimum absolute atomic E-state index is 0.0301. The lowest BCUT2D eigenvalue weighted by Crippen LogP contribution is -3.11. The monoisotopic (exact) mass is 424 g/mol. The van der Waals surface area contributed by atoms with Gasteiger partial charge >= 0.3 is 0 Å². The molecule has 1 aliphatic heterocycles. The summed E-state index contributed by atoms with van der Waals surface area (Å²) in [4.78, 5) is 20.7. The van der Waals surface area contributed by atoms with Crippen molar-refractivity contribution in [3.8, 4) is 9.88 Å². The second-order valence-electron chi connectivity index (χ2n) is 7.29. The first-order valence-corrected chi connectivity index (χ1v) is 11.5. The third-order valence-corrected chi connectivity index (χ3v) is 7.72. The zero-order valence-electron chi connectivity index (χ0n) is 15.9. The number of para-hydroxylation sites is 1. The predicted molar refractivity (Wildman–Crippen MR) is 117 cm³/mol. The van der Waals surface area contributed by atoms with E-state index in [-0.39, 0.29) is 11.9 Å². The summed E-state index contributed by atoms with van der Waals surface area (Å²) in [6.07, 6.45) is 4.18. The predicted octanol–water partition coefficient (Wildman–Crippen LogP) is 3.77. The molecule has 148 valence electrons. The van der Waals surface area contributed by atoms with Gasteiger partial charge < -0.3 is 14.6 Å². The molecule has 4 heterocycles. The average molecular weight is 425 g/mol. The number of nitrogens with zero attached hydrogens (tertiary/aromatic N) is 1. The number of carbonyl (C=O) groups is 1. The van der Waals surface area contributed by atoms with E-state index in [0.29, 0.717) is 11.4 Å². The van der Waals surface area contributed by atoms with Crippen molar-refractivity contribution in [3.63, 3.8) is 0 Å². The van der Waals surface area contributed by atoms with Crippen LogP contribution in [0, 0.1) is 0 Å². The highest BCUT2D eigenvalue weighted by Gasteiger charge is 2.30. The lowest BCUT2D eigenvalue weighted by atomic mass is 10.2. The molecule has 29 heavy (non-hydrogen) atoms. The molecular weight excluding hydrogens is 402 g/mol. The molecule has 1 saturated heterocycles. The number of hydrogen-bond acceptors (Lipinski definition) is 5. The number of aromatic nitrogens is 1. The second kappa shape index (κ2) is 8.10. The zero-order chi connectivity index (χ0) is 19.6. The van der Waals surface area contributed by atoms with Crippen molar-refractivity contribution in [2.45, 2.75) is 18.9 Å². The fraction of sp³-hybridized carbons (Fsp3) is 0.273. The maximum absolute atomic E-state index is 12.8. The number of likely N-dealkylation sites (tertiary alicyclic amines) is 1. The SMILES string of the molecule is O=C(NC[C@@H](c1ccco1)[NH+]1CCCC1)c1ccc(-c2nc3ccccc3s2)s1. The van der Waals surface area contributed by atoms with E-state index in [4.69, 9.17) is 9.40 Å². The first kappa shape index (κ1) is 18.5. The third kappa shape index (κ3) is 3.85. The summed E-state index contributed by atoms with van der Waals surface area (Å²) in [6, 6.07) is 16.1. The molecule has 1 aromatic carbocycles. The molecule has 0 spiro atoms. The highest BCUT2D eigenvalue weighted by molar-refractivity contribution is 7.26. The van der Waals surface area contributed by atoms with Gasteiger partial charge in [0.05, 0.1) is 45.9 Å². The smallest absolute Gasteiger partial charge is 0.261 e. The zero-order valence-corrected chi connectivity index (χ0v) is 17.5. The summed E-state index contributed by atoms with van der Waals surface area (Å²) >= 11 is 3.16. The maximum atomic E-state index is 12.8. The molecule has 0 unspecified atom stereocenters. The number of thiazole rings is 1. The van der Waals surface area contributed by atoms with Crippen molar-refractivity contribution in [3.05, 3.63) is 65.4 Å². The van der Waals surface area contributed by atoms with Crippen LogP contribution >= 0.6 is 22.7 Å². The number of carbonyl (C=O) groups excluding carboxylic acids is 1. The van der Waals surface area contributed by atoms with Gasteiger partial charge in [-0.2, -0.15) is 0 Å². The topological polar surface area (TPSA) is 59.6 Å². The number of quaternary nitrogens is 1. The Morgan fingerprint density at radius 2 is 1.97 bits per heavy atom. The van der Waals surface area contributed by atoms with Gasteiger partial charge in [-0.25, -0.2) is 4.98 Å². The van der Waals surface area contributed by atoms with Crippen LogP contribution in [0.25, 0.3) is 20.1 Å². The van der Waals surface area contributed by atoms with E-state index in [1.54, 1.807) is 17.6 Å². The summed E-state index contributed by atoms with van der Waals surface area (Å²) in [7, 11) is 0. The molecular formula is C22H22N3O2S2+. The number of nitrogens with one attached hydrogen (secondary N) is 2. The largest absolute Gasteiger partial charge is 0.463 e. The van der Waals surface area contributed by atoms with E-state index in [9.17, 15) is 4.79 Å². The summed E-state index contributed by atoms with van der Waals surface area (Å²) in [5.74, 6) is 0.918. The average Bonchev–Trinajstić information content (AvgIpc) is 3.55. The molecule has 1 fully saturated rings. The van der Waals surface area contributed by atoms with E-state index >= 15 is 0 Å². The van der Waals surface area contributed by atoms with Gasteiger partial charge in [0.1, 0.15) is 5.01 Å². The van der Waals surface area contributed by atoms with Crippen LogP contribution in [0.15, 0.2) is 59.2 Å². The molecule has 5 nitrogen and oxygen atoms in total. The maximum Gasteiger partial charge on any atom is 0.261 e. The van der Waals surface area contributed by atoms with Gasteiger partial charge in [0.15, 0.2) is 11.8 Å². The summed E-state index contributed by atoms with van der Waals surface area (Å²) in [5, 5.41) is 4.09. The Morgan fingerprint density at radius 1 is 1.10 bits per heavy atom. The third-order valence-electron chi connectivity index (χ3n) is 5.43. The van der Waals surface area contributed by atoms with Gasteiger partial charge in [-0.1, -0.05) is 12.1 Å². The van der Waals surface area contributed by atoms with Crippen molar-refractivity contribution >= 4 is 38.8 Å². The standard InChI is InChI=1S/C22H21N3O2S2/c26-21(23-14-16(17-7-5-13-27-17)25-11-3-4-12-25)19-9-10-20(28-19)22-24-15-6-1-2-8-18(15)29-22/h1-2,5-10,13,16H,3-4,11-12,14H2,(H,23,26)/p+1/t16-/m0/s1. The van der Waals surface area contributed by atoms with Crippen LogP contribution in [0.2, 0.25) is 0 Å². The van der Waals surface area contributed by atoms with Crippen LogP contribution in [0.1, 0.15) is 34.3 Å². The van der Waals surface area contributed by atoms with E-state index in [0.717, 1.165) is 39.0 Å². The Hall–Kier alpha value is -2.48. The molecule has 1 aliphatic rings. The lowest BCUT2D eigenvalue weighted by molar-refractivity contribution is -0.919. The quantitative estimate of drug-likeness (QED) is 0.495. The number of furan rings is 1. The first-order chi connectivity index (χ1) is 14.3. The van der Waals surface area contributed by atoms with Crippen molar-refractivity contribution in [1.29, 1.82) is 0 Å². The van der Waals surface area contributed by atoms with Crippen LogP contribution in [-0.4, -0.2) is 30.5 Å². The molecule has 5 rings (SSSR count). The molecule has 0 saturated carbocycles. The van der Waals surface area contributed by atoms with Crippen LogP contribution in [0.3, 0.4) is 0 Å². The first-order valence-electron chi connectivity index (χ1n) is 9.90. The molecule has 1 amide bonds. The molecule has 3 aromatic heterocycles. The minimum atomic E-state index is -0.0301. The van der Waals surface area contributed by atoms with Crippen LogP contribution < -0.4 is 10.2 Å². The molecule has 1 atom stereocenters. The summed E-state index contributed by atoms with van der Waals surface area (Å²) in [5.41, 5.74) is 1.00. The van der Waals surface area contributed by atoms with Crippen LogP contribution in [0.4, 0.5) is 0 Å². The second-order valence-corrected chi connectivity index (χ2v) is 9.41. The number of thiophene rings is 1. The van der Waals surface area contributed by atoms with Crippen molar-refractivity contribution in [2.24, 2.45) is 0 Å². The Balaban J connectivity index is 1.29. The van der Waals surface area contributed by atoms with Gasteiger partial charge in [0.25, 0.3) is 5.91 Å². The minimum Gasteiger partial charge on any atom is -0.463 e. The molecule has 7 heteroatoms. The van der Waals surface area contributed by atoms with Gasteiger partial charge in [-0.3, -0.25) is 4.79 Å². The molecule has 2 N–H and O–H groups in total. The summed E-state index contributed by atoms with van der Waals surface area (Å²) in [6.45, 7) is 2.83. The van der Waals surface area contributed by atoms with Crippen molar-refractivity contribution in [2.75, 3.05) is 19.6 Å². The number of amides is 1. The van der Waals surface area contributed by atoms with Crippen molar-refractivity contribution in [1.82, 2.24) is 10.3 Å². The van der Waals surface area contributed by atoms with Crippen molar-refractivity contribution < 1.29 is 14.1 Å². The molecule has 0 radical (unpaired) electrons. The fourth-order valence-corrected chi connectivity index (χ4v) is 5.89. The van der Waals surface area contributed by atoms with E-state index in [2.05, 4.69) is 11.4 Å². The van der Waals surface area contributed by atoms with Crippen LogP contribution in [-0.2, 0) is 0 Å².